The Bertz CT molecular complexity index is 970. The molecule has 1 amide bonds. The van der Waals surface area contributed by atoms with Crippen LogP contribution in [0.1, 0.15) is 27.8 Å². The first-order valence-electron chi connectivity index (χ1n) is 8.28. The number of anilines is 1. The Morgan fingerprint density at radius 1 is 1.04 bits per heavy atom. The fraction of sp³-hybridized carbons (Fsp3) is 0.211. The second-order valence-electron chi connectivity index (χ2n) is 6.35. The first-order valence-corrected chi connectivity index (χ1v) is 8.28. The van der Waals surface area contributed by atoms with Crippen molar-refractivity contribution in [2.24, 2.45) is 0 Å². The largest absolute Gasteiger partial charge is 0.348 e. The van der Waals surface area contributed by atoms with E-state index in [2.05, 4.69) is 10.3 Å². The molecule has 26 heavy (non-hydrogen) atoms. The van der Waals surface area contributed by atoms with Crippen LogP contribution in [0.5, 0.6) is 0 Å². The van der Waals surface area contributed by atoms with Gasteiger partial charge in [0, 0.05) is 19.7 Å². The highest BCUT2D eigenvalue weighted by atomic mass is 19.1. The van der Waals surface area contributed by atoms with Crippen LogP contribution in [0.4, 0.5) is 10.1 Å². The van der Waals surface area contributed by atoms with Crippen molar-refractivity contribution >= 4 is 11.6 Å². The lowest BCUT2D eigenvalue weighted by molar-refractivity contribution is 0.0707. The topological polar surface area (TPSA) is 54.3 Å². The lowest BCUT2D eigenvalue weighted by atomic mass is 10.1. The number of carbonyl (C=O) groups excluding carboxylic acids is 1. The molecule has 1 atom stereocenters. The summed E-state index contributed by atoms with van der Waals surface area (Å²) in [6.07, 6.45) is 1.39. The summed E-state index contributed by atoms with van der Waals surface area (Å²) in [6, 6.07) is 14.1. The molecule has 6 nitrogen and oxygen atoms in total. The van der Waals surface area contributed by atoms with Gasteiger partial charge in [-0.05, 0) is 18.2 Å². The number of para-hydroxylation sites is 1. The minimum atomic E-state index is -0.369. The number of fused-ring (bicyclic) bond motifs is 1. The Hall–Kier alpha value is -3.22. The van der Waals surface area contributed by atoms with Crippen LogP contribution in [0, 0.1) is 5.82 Å². The molecule has 1 aliphatic heterocycles. The molecule has 132 valence electrons. The summed E-state index contributed by atoms with van der Waals surface area (Å²) in [5, 5.41) is 8.34. The molecular weight excluding hydrogens is 333 g/mol. The lowest BCUT2D eigenvalue weighted by Crippen LogP contribution is -2.45. The van der Waals surface area contributed by atoms with Crippen LogP contribution in [0.3, 0.4) is 0 Å². The highest BCUT2D eigenvalue weighted by molar-refractivity contribution is 6.01. The van der Waals surface area contributed by atoms with Crippen LogP contribution >= 0.6 is 0 Å². The number of carbonyl (C=O) groups is 1. The molecule has 0 unspecified atom stereocenters. The van der Waals surface area contributed by atoms with E-state index in [1.54, 1.807) is 41.0 Å². The van der Waals surface area contributed by atoms with Crippen LogP contribution in [0.15, 0.2) is 54.7 Å². The molecule has 1 aliphatic rings. The molecule has 1 aromatic heterocycles. The standard InChI is InChI=1S/C19H18FN5O/c1-23-17-10-6-4-8-14(17)19(26)24(2)18(23)16-12-25(22-21-16)11-13-7-3-5-9-15(13)20/h3-10,12,18H,11H2,1-2H3/t18-/m0/s1. The summed E-state index contributed by atoms with van der Waals surface area (Å²) in [6.45, 7) is 0.282. The smallest absolute Gasteiger partial charge is 0.257 e. The molecule has 7 heteroatoms. The summed E-state index contributed by atoms with van der Waals surface area (Å²) in [7, 11) is 3.66. The van der Waals surface area contributed by atoms with Gasteiger partial charge in [0.05, 0.1) is 24.0 Å². The first kappa shape index (κ1) is 16.3. The number of rotatable bonds is 3. The summed E-state index contributed by atoms with van der Waals surface area (Å²) in [5.41, 5.74) is 2.68. The van der Waals surface area contributed by atoms with E-state index in [-0.39, 0.29) is 24.4 Å². The summed E-state index contributed by atoms with van der Waals surface area (Å²) >= 11 is 0. The Kier molecular flexibility index (Phi) is 3.91. The van der Waals surface area contributed by atoms with Crippen LogP contribution < -0.4 is 4.90 Å². The molecule has 0 bridgehead atoms. The van der Waals surface area contributed by atoms with E-state index in [4.69, 9.17) is 0 Å². The molecular formula is C19H18FN5O. The molecule has 0 radical (unpaired) electrons. The van der Waals surface area contributed by atoms with Gasteiger partial charge in [-0.1, -0.05) is 35.5 Å². The maximum Gasteiger partial charge on any atom is 0.257 e. The summed E-state index contributed by atoms with van der Waals surface area (Å²) < 4.78 is 15.4. The summed E-state index contributed by atoms with van der Waals surface area (Å²) in [5.74, 6) is -0.340. The molecule has 3 aromatic rings. The second-order valence-corrected chi connectivity index (χ2v) is 6.35. The van der Waals surface area contributed by atoms with E-state index >= 15 is 0 Å². The minimum absolute atomic E-state index is 0.0626. The molecule has 0 spiro atoms. The van der Waals surface area contributed by atoms with Gasteiger partial charge < -0.3 is 9.80 Å². The van der Waals surface area contributed by atoms with Crippen molar-refractivity contribution in [3.8, 4) is 0 Å². The lowest BCUT2D eigenvalue weighted by Gasteiger charge is -2.40. The normalized spacial score (nSPS) is 16.7. The monoisotopic (exact) mass is 351 g/mol. The predicted octanol–water partition coefficient (Wildman–Crippen LogP) is 2.69. The van der Waals surface area contributed by atoms with Gasteiger partial charge in [0.2, 0.25) is 0 Å². The third-order valence-electron chi connectivity index (χ3n) is 4.68. The Morgan fingerprint density at radius 3 is 2.58 bits per heavy atom. The van der Waals surface area contributed by atoms with Gasteiger partial charge in [0.25, 0.3) is 5.91 Å². The van der Waals surface area contributed by atoms with Gasteiger partial charge >= 0.3 is 0 Å². The van der Waals surface area contributed by atoms with Gasteiger partial charge in [-0.15, -0.1) is 5.10 Å². The number of halogens is 1. The molecule has 0 saturated carbocycles. The van der Waals surface area contributed by atoms with E-state index in [9.17, 15) is 9.18 Å². The van der Waals surface area contributed by atoms with E-state index < -0.39 is 0 Å². The summed E-state index contributed by atoms with van der Waals surface area (Å²) in [4.78, 5) is 16.3. The highest BCUT2D eigenvalue weighted by Gasteiger charge is 2.35. The number of hydrogen-bond acceptors (Lipinski definition) is 4. The molecule has 0 fully saturated rings. The number of hydrogen-bond donors (Lipinski definition) is 0. The quantitative estimate of drug-likeness (QED) is 0.728. The Morgan fingerprint density at radius 2 is 1.77 bits per heavy atom. The third kappa shape index (κ3) is 2.61. The van der Waals surface area contributed by atoms with Crippen molar-refractivity contribution in [3.05, 3.63) is 77.4 Å². The van der Waals surface area contributed by atoms with Crippen LogP contribution in [-0.2, 0) is 6.54 Å². The van der Waals surface area contributed by atoms with Crippen molar-refractivity contribution in [2.75, 3.05) is 19.0 Å². The van der Waals surface area contributed by atoms with Crippen LogP contribution in [-0.4, -0.2) is 39.9 Å². The second kappa shape index (κ2) is 6.25. The molecule has 4 rings (SSSR count). The van der Waals surface area contributed by atoms with Crippen molar-refractivity contribution in [1.29, 1.82) is 0 Å². The van der Waals surface area contributed by atoms with Gasteiger partial charge in [-0.25, -0.2) is 9.07 Å². The maximum absolute atomic E-state index is 13.9. The van der Waals surface area contributed by atoms with E-state index in [0.717, 1.165) is 5.69 Å². The van der Waals surface area contributed by atoms with Crippen molar-refractivity contribution in [1.82, 2.24) is 19.9 Å². The van der Waals surface area contributed by atoms with Crippen LogP contribution in [0.25, 0.3) is 0 Å². The SMILES string of the molecule is CN1C(=O)c2ccccc2N(C)[C@@H]1c1cn(Cc2ccccc2F)nn1. The fourth-order valence-electron chi connectivity index (χ4n) is 3.36. The fourth-order valence-corrected chi connectivity index (χ4v) is 3.36. The molecule has 2 heterocycles. The molecule has 2 aromatic carbocycles. The Balaban J connectivity index is 1.65. The third-order valence-corrected chi connectivity index (χ3v) is 4.68. The van der Waals surface area contributed by atoms with Crippen molar-refractivity contribution in [2.45, 2.75) is 12.7 Å². The maximum atomic E-state index is 13.9. The van der Waals surface area contributed by atoms with E-state index in [1.807, 2.05) is 36.2 Å². The molecule has 0 N–H and O–H groups in total. The van der Waals surface area contributed by atoms with Crippen LogP contribution in [0.2, 0.25) is 0 Å². The number of benzene rings is 2. The molecule has 0 saturated heterocycles. The highest BCUT2D eigenvalue weighted by Crippen LogP contribution is 2.35. The zero-order valence-electron chi connectivity index (χ0n) is 14.5. The predicted molar refractivity (Wildman–Crippen MR) is 95.2 cm³/mol. The van der Waals surface area contributed by atoms with Gasteiger partial charge in [-0.3, -0.25) is 4.79 Å². The Labute approximate surface area is 150 Å². The van der Waals surface area contributed by atoms with Gasteiger partial charge in [0.1, 0.15) is 11.5 Å². The van der Waals surface area contributed by atoms with Crippen molar-refractivity contribution in [3.63, 3.8) is 0 Å². The number of nitrogens with zero attached hydrogens (tertiary/aromatic N) is 5. The van der Waals surface area contributed by atoms with Crippen molar-refractivity contribution < 1.29 is 9.18 Å². The zero-order valence-corrected chi connectivity index (χ0v) is 14.5. The number of amides is 1. The minimum Gasteiger partial charge on any atom is -0.348 e. The average Bonchev–Trinajstić information content (AvgIpc) is 3.10. The van der Waals surface area contributed by atoms with Gasteiger partial charge in [0.15, 0.2) is 6.17 Å². The van der Waals surface area contributed by atoms with E-state index in [0.29, 0.717) is 16.8 Å². The van der Waals surface area contributed by atoms with E-state index in [1.165, 1.54) is 6.07 Å². The number of aromatic nitrogens is 3. The first-order chi connectivity index (χ1) is 12.6. The molecule has 0 aliphatic carbocycles. The van der Waals surface area contributed by atoms with Gasteiger partial charge in [-0.2, -0.15) is 0 Å². The zero-order chi connectivity index (χ0) is 18.3. The average molecular weight is 351 g/mol.